The molecule has 2 aromatic carbocycles. The van der Waals surface area contributed by atoms with E-state index >= 15 is 0 Å². The Morgan fingerprint density at radius 3 is 2.04 bits per heavy atom. The van der Waals surface area contributed by atoms with Crippen molar-refractivity contribution in [3.63, 3.8) is 0 Å². The minimum absolute atomic E-state index is 0.0464. The molecule has 1 saturated carbocycles. The molecule has 0 radical (unpaired) electrons. The summed E-state index contributed by atoms with van der Waals surface area (Å²) in [7, 11) is -3.51. The summed E-state index contributed by atoms with van der Waals surface area (Å²) < 4.78 is 26.7. The number of rotatable bonds is 8. The van der Waals surface area contributed by atoms with E-state index in [-0.39, 0.29) is 16.8 Å². The molecule has 0 unspecified atom stereocenters. The first-order valence-electron chi connectivity index (χ1n) is 9.83. The van der Waals surface area contributed by atoms with Gasteiger partial charge in [0.05, 0.1) is 4.90 Å². The number of carbonyl (C=O) groups is 1. The normalized spacial score (nSPS) is 14.3. The van der Waals surface area contributed by atoms with Gasteiger partial charge in [-0.25, -0.2) is 8.42 Å². The minimum Gasteiger partial charge on any atom is -0.331 e. The van der Waals surface area contributed by atoms with Crippen molar-refractivity contribution in [2.75, 3.05) is 13.1 Å². The fourth-order valence-corrected chi connectivity index (χ4v) is 4.75. The molecule has 150 valence electrons. The zero-order valence-electron chi connectivity index (χ0n) is 16.8. The van der Waals surface area contributed by atoms with E-state index in [1.165, 1.54) is 22.0 Å². The maximum atomic E-state index is 13.1. The highest BCUT2D eigenvalue weighted by molar-refractivity contribution is 7.89. The zero-order chi connectivity index (χ0) is 20.3. The van der Waals surface area contributed by atoms with Crippen molar-refractivity contribution in [3.8, 4) is 0 Å². The predicted octanol–water partition coefficient (Wildman–Crippen LogP) is 3.83. The SMILES string of the molecule is CCN(CC)S(=O)(=O)c1ccc(C(=O)N(Cc2ccc(C)cc2)C2CC2)cc1. The van der Waals surface area contributed by atoms with Crippen LogP contribution < -0.4 is 0 Å². The van der Waals surface area contributed by atoms with Gasteiger partial charge in [-0.05, 0) is 49.6 Å². The number of amides is 1. The smallest absolute Gasteiger partial charge is 0.254 e. The van der Waals surface area contributed by atoms with E-state index in [0.29, 0.717) is 25.2 Å². The van der Waals surface area contributed by atoms with Crippen LogP contribution in [0.4, 0.5) is 0 Å². The van der Waals surface area contributed by atoms with Gasteiger partial charge >= 0.3 is 0 Å². The van der Waals surface area contributed by atoms with Crippen LogP contribution in [0, 0.1) is 6.92 Å². The second kappa shape index (κ2) is 8.45. The first-order valence-corrected chi connectivity index (χ1v) is 11.3. The van der Waals surface area contributed by atoms with E-state index in [9.17, 15) is 13.2 Å². The summed E-state index contributed by atoms with van der Waals surface area (Å²) in [4.78, 5) is 15.2. The standard InChI is InChI=1S/C22H28N2O3S/c1-4-23(5-2)28(26,27)21-14-10-19(11-15-21)22(25)24(20-12-13-20)16-18-8-6-17(3)7-9-18/h6-11,14-15,20H,4-5,12-13,16H2,1-3H3. The fraction of sp³-hybridized carbons (Fsp3) is 0.409. The van der Waals surface area contributed by atoms with Crippen LogP contribution in [0.2, 0.25) is 0 Å². The molecule has 0 aliphatic heterocycles. The third kappa shape index (κ3) is 4.45. The van der Waals surface area contributed by atoms with Gasteiger partial charge in [0.15, 0.2) is 0 Å². The Morgan fingerprint density at radius 2 is 1.54 bits per heavy atom. The van der Waals surface area contributed by atoms with Crippen LogP contribution in [0.1, 0.15) is 48.2 Å². The van der Waals surface area contributed by atoms with Crippen LogP contribution in [-0.2, 0) is 16.6 Å². The Balaban J connectivity index is 1.79. The molecule has 5 nitrogen and oxygen atoms in total. The van der Waals surface area contributed by atoms with Crippen LogP contribution in [0.5, 0.6) is 0 Å². The van der Waals surface area contributed by atoms with E-state index in [4.69, 9.17) is 0 Å². The maximum absolute atomic E-state index is 13.1. The van der Waals surface area contributed by atoms with Gasteiger partial charge in [-0.2, -0.15) is 4.31 Å². The molecule has 28 heavy (non-hydrogen) atoms. The Morgan fingerprint density at radius 1 is 0.964 bits per heavy atom. The van der Waals surface area contributed by atoms with Gasteiger partial charge in [0, 0.05) is 31.2 Å². The summed E-state index contributed by atoms with van der Waals surface area (Å²) in [5, 5.41) is 0. The molecule has 1 fully saturated rings. The first-order chi connectivity index (χ1) is 13.4. The summed E-state index contributed by atoms with van der Waals surface area (Å²) in [6.07, 6.45) is 2.04. The van der Waals surface area contributed by atoms with E-state index in [0.717, 1.165) is 18.4 Å². The molecule has 0 bridgehead atoms. The highest BCUT2D eigenvalue weighted by Gasteiger charge is 2.33. The summed E-state index contributed by atoms with van der Waals surface area (Å²) >= 11 is 0. The number of aryl methyl sites for hydroxylation is 1. The topological polar surface area (TPSA) is 57.7 Å². The number of hydrogen-bond donors (Lipinski definition) is 0. The molecule has 6 heteroatoms. The van der Waals surface area contributed by atoms with Gasteiger partial charge in [-0.15, -0.1) is 0 Å². The molecule has 0 heterocycles. The van der Waals surface area contributed by atoms with E-state index < -0.39 is 10.0 Å². The van der Waals surface area contributed by atoms with Crippen molar-refractivity contribution in [2.24, 2.45) is 0 Å². The van der Waals surface area contributed by atoms with Crippen LogP contribution >= 0.6 is 0 Å². The molecular weight excluding hydrogens is 372 g/mol. The molecule has 1 aliphatic rings. The lowest BCUT2D eigenvalue weighted by molar-refractivity contribution is 0.0730. The summed E-state index contributed by atoms with van der Waals surface area (Å²) in [6, 6.07) is 14.8. The number of benzene rings is 2. The largest absolute Gasteiger partial charge is 0.331 e. The predicted molar refractivity (Wildman–Crippen MR) is 111 cm³/mol. The fourth-order valence-electron chi connectivity index (χ4n) is 3.29. The minimum atomic E-state index is -3.51. The van der Waals surface area contributed by atoms with Crippen molar-refractivity contribution in [1.82, 2.24) is 9.21 Å². The number of carbonyl (C=O) groups excluding carboxylic acids is 1. The summed E-state index contributed by atoms with van der Waals surface area (Å²) in [6.45, 7) is 7.09. The lowest BCUT2D eigenvalue weighted by atomic mass is 10.1. The van der Waals surface area contributed by atoms with Crippen molar-refractivity contribution in [1.29, 1.82) is 0 Å². The second-order valence-corrected chi connectivity index (χ2v) is 9.20. The maximum Gasteiger partial charge on any atom is 0.254 e. The van der Waals surface area contributed by atoms with Crippen LogP contribution in [-0.4, -0.2) is 42.7 Å². The van der Waals surface area contributed by atoms with E-state index in [2.05, 4.69) is 24.3 Å². The molecule has 2 aromatic rings. The Bertz CT molecular complexity index is 913. The van der Waals surface area contributed by atoms with Crippen molar-refractivity contribution >= 4 is 15.9 Å². The van der Waals surface area contributed by atoms with Gasteiger partial charge in [0.1, 0.15) is 0 Å². The Hall–Kier alpha value is -2.18. The van der Waals surface area contributed by atoms with Gasteiger partial charge < -0.3 is 4.90 Å². The molecule has 0 atom stereocenters. The van der Waals surface area contributed by atoms with Crippen molar-refractivity contribution in [2.45, 2.75) is 51.1 Å². The molecule has 0 aromatic heterocycles. The average Bonchev–Trinajstić information content (AvgIpc) is 3.53. The molecule has 0 spiro atoms. The number of sulfonamides is 1. The molecule has 3 rings (SSSR count). The second-order valence-electron chi connectivity index (χ2n) is 7.26. The summed E-state index contributed by atoms with van der Waals surface area (Å²) in [5.41, 5.74) is 2.82. The lowest BCUT2D eigenvalue weighted by Gasteiger charge is -2.23. The third-order valence-electron chi connectivity index (χ3n) is 5.17. The molecule has 0 N–H and O–H groups in total. The Kier molecular flexibility index (Phi) is 6.20. The van der Waals surface area contributed by atoms with Crippen LogP contribution in [0.15, 0.2) is 53.4 Å². The monoisotopic (exact) mass is 400 g/mol. The van der Waals surface area contributed by atoms with Crippen LogP contribution in [0.25, 0.3) is 0 Å². The Labute approximate surface area is 168 Å². The van der Waals surface area contributed by atoms with Gasteiger partial charge in [0.25, 0.3) is 5.91 Å². The molecule has 1 aliphatic carbocycles. The highest BCUT2D eigenvalue weighted by Crippen LogP contribution is 2.30. The first kappa shape index (κ1) is 20.6. The quantitative estimate of drug-likeness (QED) is 0.677. The number of hydrogen-bond acceptors (Lipinski definition) is 3. The highest BCUT2D eigenvalue weighted by atomic mass is 32.2. The third-order valence-corrected chi connectivity index (χ3v) is 7.23. The van der Waals surface area contributed by atoms with Crippen molar-refractivity contribution < 1.29 is 13.2 Å². The van der Waals surface area contributed by atoms with E-state index in [1.807, 2.05) is 25.7 Å². The zero-order valence-corrected chi connectivity index (χ0v) is 17.6. The van der Waals surface area contributed by atoms with E-state index in [1.54, 1.807) is 12.1 Å². The molecular formula is C22H28N2O3S. The van der Waals surface area contributed by atoms with Gasteiger partial charge in [0.2, 0.25) is 10.0 Å². The number of nitrogens with zero attached hydrogens (tertiary/aromatic N) is 2. The average molecular weight is 401 g/mol. The van der Waals surface area contributed by atoms with Gasteiger partial charge in [-0.1, -0.05) is 43.7 Å². The summed E-state index contributed by atoms with van der Waals surface area (Å²) in [5.74, 6) is -0.0464. The van der Waals surface area contributed by atoms with Crippen molar-refractivity contribution in [3.05, 3.63) is 65.2 Å². The van der Waals surface area contributed by atoms with Gasteiger partial charge in [-0.3, -0.25) is 4.79 Å². The lowest BCUT2D eigenvalue weighted by Crippen LogP contribution is -2.33. The molecule has 0 saturated heterocycles. The molecule has 1 amide bonds. The van der Waals surface area contributed by atoms with Crippen LogP contribution in [0.3, 0.4) is 0 Å².